The smallest absolute Gasteiger partial charge is 0.272 e. The zero-order valence-corrected chi connectivity index (χ0v) is 11.7. The molecule has 0 radical (unpaired) electrons. The van der Waals surface area contributed by atoms with E-state index < -0.39 is 14.8 Å². The van der Waals surface area contributed by atoms with Crippen molar-refractivity contribution in [3.8, 4) is 0 Å². The van der Waals surface area contributed by atoms with E-state index in [2.05, 4.69) is 5.32 Å². The van der Waals surface area contributed by atoms with E-state index in [0.29, 0.717) is 12.0 Å². The topological polar surface area (TPSA) is 89.3 Å². The first kappa shape index (κ1) is 13.8. The van der Waals surface area contributed by atoms with Crippen LogP contribution in [0, 0.1) is 24.0 Å². The molecule has 1 fully saturated rings. The molecule has 7 heteroatoms. The van der Waals surface area contributed by atoms with Gasteiger partial charge in [0.2, 0.25) is 0 Å². The molecule has 6 nitrogen and oxygen atoms in total. The molecule has 1 unspecified atom stereocenters. The highest BCUT2D eigenvalue weighted by Crippen LogP contribution is 2.27. The van der Waals surface area contributed by atoms with Crippen molar-refractivity contribution >= 4 is 21.2 Å². The molecule has 2 rings (SSSR count). The Labute approximate surface area is 111 Å². The van der Waals surface area contributed by atoms with Crippen LogP contribution in [0.25, 0.3) is 0 Å². The number of nitrogens with one attached hydrogen (secondary N) is 1. The van der Waals surface area contributed by atoms with Crippen LogP contribution in [0.15, 0.2) is 12.1 Å². The number of rotatable bonds is 3. The molecule has 1 aliphatic rings. The lowest BCUT2D eigenvalue weighted by Crippen LogP contribution is -2.21. The lowest BCUT2D eigenvalue weighted by atomic mass is 10.1. The Bertz CT molecular complexity index is 625. The number of nitro benzene ring substituents is 1. The number of nitrogens with zero attached hydrogens (tertiary/aromatic N) is 1. The molecule has 19 heavy (non-hydrogen) atoms. The first-order valence-corrected chi connectivity index (χ1v) is 7.83. The van der Waals surface area contributed by atoms with Crippen LogP contribution in [0.5, 0.6) is 0 Å². The second-order valence-electron chi connectivity index (χ2n) is 4.96. The summed E-state index contributed by atoms with van der Waals surface area (Å²) in [5, 5.41) is 14.0. The van der Waals surface area contributed by atoms with Gasteiger partial charge in [0.05, 0.1) is 16.4 Å². The zero-order chi connectivity index (χ0) is 14.2. The Balaban J connectivity index is 2.22. The van der Waals surface area contributed by atoms with Crippen LogP contribution in [-0.2, 0) is 9.84 Å². The fourth-order valence-electron chi connectivity index (χ4n) is 2.28. The molecule has 0 saturated carbocycles. The number of aryl methyl sites for hydroxylation is 2. The van der Waals surface area contributed by atoms with Crippen molar-refractivity contribution in [1.29, 1.82) is 0 Å². The van der Waals surface area contributed by atoms with Crippen molar-refractivity contribution in [3.63, 3.8) is 0 Å². The number of sulfone groups is 1. The number of benzene rings is 1. The quantitative estimate of drug-likeness (QED) is 0.675. The highest BCUT2D eigenvalue weighted by molar-refractivity contribution is 7.91. The van der Waals surface area contributed by atoms with Gasteiger partial charge in [-0.2, -0.15) is 0 Å². The van der Waals surface area contributed by atoms with Crippen LogP contribution in [0.3, 0.4) is 0 Å². The third kappa shape index (κ3) is 3.04. The molecule has 1 aromatic carbocycles. The van der Waals surface area contributed by atoms with Crippen LogP contribution < -0.4 is 5.32 Å². The highest BCUT2D eigenvalue weighted by Gasteiger charge is 2.28. The second kappa shape index (κ2) is 4.80. The first-order chi connectivity index (χ1) is 8.78. The van der Waals surface area contributed by atoms with E-state index in [4.69, 9.17) is 0 Å². The molecule has 0 bridgehead atoms. The normalized spacial score (nSPS) is 21.3. The SMILES string of the molecule is Cc1cc([N+](=O)[O-])c(C)cc1NC1CCS(=O)(=O)C1. The standard InChI is InChI=1S/C12H16N2O4S/c1-8-6-12(14(15)16)9(2)5-11(8)13-10-3-4-19(17,18)7-10/h5-6,10,13H,3-4,7H2,1-2H3. The van der Waals surface area contributed by atoms with Crippen molar-refractivity contribution in [1.82, 2.24) is 0 Å². The molecular formula is C12H16N2O4S. The lowest BCUT2D eigenvalue weighted by molar-refractivity contribution is -0.385. The minimum Gasteiger partial charge on any atom is -0.381 e. The van der Waals surface area contributed by atoms with E-state index in [9.17, 15) is 18.5 Å². The Morgan fingerprint density at radius 2 is 2.00 bits per heavy atom. The molecule has 1 aromatic rings. The number of nitro groups is 1. The molecule has 1 saturated heterocycles. The average molecular weight is 284 g/mol. The Hall–Kier alpha value is -1.63. The molecule has 1 aliphatic heterocycles. The summed E-state index contributed by atoms with van der Waals surface area (Å²) in [7, 11) is -2.93. The average Bonchev–Trinajstić information content (AvgIpc) is 2.62. The molecule has 104 valence electrons. The van der Waals surface area contributed by atoms with Crippen molar-refractivity contribution < 1.29 is 13.3 Å². The molecule has 0 amide bonds. The molecule has 0 aromatic heterocycles. The summed E-state index contributed by atoms with van der Waals surface area (Å²) >= 11 is 0. The van der Waals surface area contributed by atoms with Gasteiger partial charge in [-0.05, 0) is 31.9 Å². The van der Waals surface area contributed by atoms with Crippen LogP contribution >= 0.6 is 0 Å². The summed E-state index contributed by atoms with van der Waals surface area (Å²) in [4.78, 5) is 10.4. The fourth-order valence-corrected chi connectivity index (χ4v) is 3.96. The van der Waals surface area contributed by atoms with Gasteiger partial charge in [-0.25, -0.2) is 8.42 Å². The summed E-state index contributed by atoms with van der Waals surface area (Å²) < 4.78 is 22.8. The maximum absolute atomic E-state index is 11.4. The van der Waals surface area contributed by atoms with Gasteiger partial charge in [-0.3, -0.25) is 10.1 Å². The van der Waals surface area contributed by atoms with Gasteiger partial charge in [-0.1, -0.05) is 0 Å². The first-order valence-electron chi connectivity index (χ1n) is 6.01. The molecule has 0 aliphatic carbocycles. The van der Waals surface area contributed by atoms with Gasteiger partial charge in [0.1, 0.15) is 0 Å². The lowest BCUT2D eigenvalue weighted by Gasteiger charge is -2.15. The molecule has 1 N–H and O–H groups in total. The maximum Gasteiger partial charge on any atom is 0.272 e. The van der Waals surface area contributed by atoms with Crippen molar-refractivity contribution in [2.24, 2.45) is 0 Å². The van der Waals surface area contributed by atoms with Gasteiger partial charge in [0.25, 0.3) is 5.69 Å². The van der Waals surface area contributed by atoms with Gasteiger partial charge in [0, 0.05) is 23.4 Å². The zero-order valence-electron chi connectivity index (χ0n) is 10.8. The third-order valence-electron chi connectivity index (χ3n) is 3.33. The summed E-state index contributed by atoms with van der Waals surface area (Å²) in [6.07, 6.45) is 0.581. The van der Waals surface area contributed by atoms with E-state index in [-0.39, 0.29) is 23.2 Å². The predicted octanol–water partition coefficient (Wildman–Crippen LogP) is 1.81. The monoisotopic (exact) mass is 284 g/mol. The van der Waals surface area contributed by atoms with Gasteiger partial charge >= 0.3 is 0 Å². The predicted molar refractivity (Wildman–Crippen MR) is 73.3 cm³/mol. The molecule has 1 atom stereocenters. The molecular weight excluding hydrogens is 268 g/mol. The summed E-state index contributed by atoms with van der Waals surface area (Å²) in [6.45, 7) is 3.45. The highest BCUT2D eigenvalue weighted by atomic mass is 32.2. The third-order valence-corrected chi connectivity index (χ3v) is 5.10. The van der Waals surface area contributed by atoms with Crippen LogP contribution in [-0.4, -0.2) is 30.9 Å². The summed E-state index contributed by atoms with van der Waals surface area (Å²) in [6, 6.07) is 3.11. The van der Waals surface area contributed by atoms with E-state index in [1.165, 1.54) is 6.07 Å². The maximum atomic E-state index is 11.4. The number of anilines is 1. The fraction of sp³-hybridized carbons (Fsp3) is 0.500. The van der Waals surface area contributed by atoms with Crippen molar-refractivity contribution in [2.75, 3.05) is 16.8 Å². The van der Waals surface area contributed by atoms with Crippen LogP contribution in [0.4, 0.5) is 11.4 Å². The number of hydrogen-bond donors (Lipinski definition) is 1. The largest absolute Gasteiger partial charge is 0.381 e. The summed E-state index contributed by atoms with van der Waals surface area (Å²) in [5.41, 5.74) is 2.17. The van der Waals surface area contributed by atoms with Gasteiger partial charge in [0.15, 0.2) is 9.84 Å². The minimum absolute atomic E-state index is 0.0853. The van der Waals surface area contributed by atoms with E-state index in [0.717, 1.165) is 11.3 Å². The van der Waals surface area contributed by atoms with Crippen molar-refractivity contribution in [2.45, 2.75) is 26.3 Å². The minimum atomic E-state index is -2.93. The Morgan fingerprint density at radius 3 is 2.53 bits per heavy atom. The summed E-state index contributed by atoms with van der Waals surface area (Å²) in [5.74, 6) is 0.332. The Kier molecular flexibility index (Phi) is 3.49. The van der Waals surface area contributed by atoms with Gasteiger partial charge in [-0.15, -0.1) is 0 Å². The second-order valence-corrected chi connectivity index (χ2v) is 7.18. The van der Waals surface area contributed by atoms with Crippen LogP contribution in [0.1, 0.15) is 17.5 Å². The van der Waals surface area contributed by atoms with Crippen molar-refractivity contribution in [3.05, 3.63) is 33.4 Å². The Morgan fingerprint density at radius 1 is 1.32 bits per heavy atom. The number of hydrogen-bond acceptors (Lipinski definition) is 5. The molecule has 0 spiro atoms. The van der Waals surface area contributed by atoms with E-state index >= 15 is 0 Å². The molecule has 1 heterocycles. The van der Waals surface area contributed by atoms with E-state index in [1.54, 1.807) is 19.9 Å². The van der Waals surface area contributed by atoms with E-state index in [1.807, 2.05) is 0 Å². The van der Waals surface area contributed by atoms with Crippen LogP contribution in [0.2, 0.25) is 0 Å². The van der Waals surface area contributed by atoms with Gasteiger partial charge < -0.3 is 5.32 Å².